The van der Waals surface area contributed by atoms with Crippen LogP contribution in [0.2, 0.25) is 0 Å². The predicted molar refractivity (Wildman–Crippen MR) is 93.2 cm³/mol. The Morgan fingerprint density at radius 3 is 2.85 bits per heavy atom. The van der Waals surface area contributed by atoms with Gasteiger partial charge in [0, 0.05) is 17.4 Å². The van der Waals surface area contributed by atoms with E-state index < -0.39 is 12.8 Å². The van der Waals surface area contributed by atoms with Crippen LogP contribution in [0.5, 0.6) is 5.88 Å². The molecule has 1 aromatic heterocycles. The van der Waals surface area contributed by atoms with Crippen molar-refractivity contribution in [3.63, 3.8) is 0 Å². The number of alkyl halides is 3. The monoisotopic (exact) mass is 364 g/mol. The summed E-state index contributed by atoms with van der Waals surface area (Å²) < 4.78 is 41.7. The number of ether oxygens (including phenoxy) is 1. The Bertz CT molecular complexity index is 805. The predicted octanol–water partition coefficient (Wildman–Crippen LogP) is 3.44. The average Bonchev–Trinajstić information content (AvgIpc) is 3.06. The Labute approximate surface area is 149 Å². The van der Waals surface area contributed by atoms with Crippen molar-refractivity contribution < 1.29 is 17.9 Å². The summed E-state index contributed by atoms with van der Waals surface area (Å²) in [6, 6.07) is 9.27. The summed E-state index contributed by atoms with van der Waals surface area (Å²) in [5, 5.41) is 3.00. The van der Waals surface area contributed by atoms with E-state index in [4.69, 9.17) is 10.5 Å². The zero-order valence-corrected chi connectivity index (χ0v) is 14.0. The molecule has 1 heterocycles. The number of hydrogen-bond acceptors (Lipinski definition) is 3. The van der Waals surface area contributed by atoms with Crippen LogP contribution in [0.4, 0.5) is 18.9 Å². The highest BCUT2D eigenvalue weighted by molar-refractivity contribution is 5.92. The molecular weight excluding hydrogens is 345 g/mol. The summed E-state index contributed by atoms with van der Waals surface area (Å²) in [6.07, 6.45) is 0.250. The van der Waals surface area contributed by atoms with Gasteiger partial charge in [0.25, 0.3) is 0 Å². The second-order valence-corrected chi connectivity index (χ2v) is 6.04. The van der Waals surface area contributed by atoms with Crippen molar-refractivity contribution in [2.24, 2.45) is 10.7 Å². The summed E-state index contributed by atoms with van der Waals surface area (Å²) in [4.78, 5) is 8.00. The van der Waals surface area contributed by atoms with Crippen LogP contribution in [-0.2, 0) is 19.4 Å². The maximum Gasteiger partial charge on any atom is 0.422 e. The molecule has 138 valence electrons. The number of nitrogens with two attached hydrogens (primary N) is 1. The molecule has 0 atom stereocenters. The van der Waals surface area contributed by atoms with Crippen LogP contribution >= 0.6 is 0 Å². The first-order valence-electron chi connectivity index (χ1n) is 8.23. The van der Waals surface area contributed by atoms with Crippen LogP contribution in [0.3, 0.4) is 0 Å². The van der Waals surface area contributed by atoms with E-state index in [9.17, 15) is 13.2 Å². The summed E-state index contributed by atoms with van der Waals surface area (Å²) >= 11 is 0. The minimum absolute atomic E-state index is 0.0603. The van der Waals surface area contributed by atoms with Gasteiger partial charge in [0.1, 0.15) is 0 Å². The van der Waals surface area contributed by atoms with Gasteiger partial charge in [-0.3, -0.25) is 0 Å². The van der Waals surface area contributed by atoms with E-state index in [-0.39, 0.29) is 18.4 Å². The quantitative estimate of drug-likeness (QED) is 0.630. The van der Waals surface area contributed by atoms with Crippen molar-refractivity contribution in [3.05, 3.63) is 53.2 Å². The highest BCUT2D eigenvalue weighted by Gasteiger charge is 2.29. The third kappa shape index (κ3) is 4.87. The number of aliphatic imine (C=N–C) groups is 1. The van der Waals surface area contributed by atoms with E-state index in [2.05, 4.69) is 21.4 Å². The molecule has 0 amide bonds. The number of benzene rings is 1. The first-order chi connectivity index (χ1) is 12.4. The standard InChI is InChI=1S/C18H19F3N4O/c19-18(20,21)11-26-16-14(5-2-8-23-16)10-24-17(22)25-15-7-6-12-3-1-4-13(12)9-15/h2,5-9H,1,3-4,10-11H2,(H3,22,24,25). The lowest BCUT2D eigenvalue weighted by atomic mass is 10.1. The van der Waals surface area contributed by atoms with E-state index in [0.29, 0.717) is 5.56 Å². The molecule has 1 aliphatic rings. The fourth-order valence-corrected chi connectivity index (χ4v) is 2.83. The molecule has 8 heteroatoms. The van der Waals surface area contributed by atoms with Gasteiger partial charge in [0.05, 0.1) is 6.54 Å². The largest absolute Gasteiger partial charge is 0.468 e. The topological polar surface area (TPSA) is 72.5 Å². The van der Waals surface area contributed by atoms with Crippen molar-refractivity contribution >= 4 is 11.6 Å². The van der Waals surface area contributed by atoms with Gasteiger partial charge in [-0.15, -0.1) is 0 Å². The Morgan fingerprint density at radius 1 is 1.23 bits per heavy atom. The molecule has 2 aromatic rings. The molecular formula is C18H19F3N4O. The molecule has 0 aliphatic heterocycles. The number of nitrogens with zero attached hydrogens (tertiary/aromatic N) is 2. The Kier molecular flexibility index (Phi) is 5.29. The summed E-state index contributed by atoms with van der Waals surface area (Å²) in [7, 11) is 0. The number of aromatic nitrogens is 1. The van der Waals surface area contributed by atoms with Crippen molar-refractivity contribution in [2.45, 2.75) is 32.0 Å². The number of pyridine rings is 1. The van der Waals surface area contributed by atoms with Crippen LogP contribution < -0.4 is 15.8 Å². The number of anilines is 1. The third-order valence-electron chi connectivity index (χ3n) is 4.01. The summed E-state index contributed by atoms with van der Waals surface area (Å²) in [5.41, 5.74) is 9.81. The molecule has 0 saturated carbocycles. The zero-order valence-electron chi connectivity index (χ0n) is 14.0. The molecule has 5 nitrogen and oxygen atoms in total. The van der Waals surface area contributed by atoms with Gasteiger partial charge in [0.2, 0.25) is 5.88 Å². The van der Waals surface area contributed by atoms with E-state index in [1.54, 1.807) is 12.1 Å². The SMILES string of the molecule is NC(=NCc1cccnc1OCC(F)(F)F)Nc1ccc2c(c1)CCC2. The highest BCUT2D eigenvalue weighted by atomic mass is 19.4. The lowest BCUT2D eigenvalue weighted by Crippen LogP contribution is -2.23. The molecule has 0 spiro atoms. The number of aryl methyl sites for hydroxylation is 2. The minimum Gasteiger partial charge on any atom is -0.468 e. The average molecular weight is 364 g/mol. The van der Waals surface area contributed by atoms with Gasteiger partial charge >= 0.3 is 6.18 Å². The number of halogens is 3. The summed E-state index contributed by atoms with van der Waals surface area (Å²) in [6.45, 7) is -1.34. The lowest BCUT2D eigenvalue weighted by Gasteiger charge is -2.11. The van der Waals surface area contributed by atoms with E-state index >= 15 is 0 Å². The maximum absolute atomic E-state index is 12.3. The van der Waals surface area contributed by atoms with Crippen LogP contribution in [0, 0.1) is 0 Å². The van der Waals surface area contributed by atoms with Crippen molar-refractivity contribution in [2.75, 3.05) is 11.9 Å². The smallest absolute Gasteiger partial charge is 0.422 e. The first-order valence-corrected chi connectivity index (χ1v) is 8.23. The van der Waals surface area contributed by atoms with Gasteiger partial charge in [-0.25, -0.2) is 9.98 Å². The second-order valence-electron chi connectivity index (χ2n) is 6.04. The molecule has 0 unspecified atom stereocenters. The number of rotatable bonds is 5. The van der Waals surface area contributed by atoms with Gasteiger partial charge < -0.3 is 15.8 Å². The normalized spacial score (nSPS) is 14.2. The van der Waals surface area contributed by atoms with Crippen LogP contribution in [-0.4, -0.2) is 23.7 Å². The molecule has 1 aliphatic carbocycles. The molecule has 0 saturated heterocycles. The summed E-state index contributed by atoms with van der Waals surface area (Å²) in [5.74, 6) is 0.0764. The van der Waals surface area contributed by atoms with Crippen molar-refractivity contribution in [1.29, 1.82) is 0 Å². The lowest BCUT2D eigenvalue weighted by molar-refractivity contribution is -0.154. The number of nitrogens with one attached hydrogen (secondary N) is 1. The molecule has 3 rings (SSSR count). The van der Waals surface area contributed by atoms with E-state index in [1.807, 2.05) is 12.1 Å². The maximum atomic E-state index is 12.3. The number of hydrogen-bond donors (Lipinski definition) is 2. The van der Waals surface area contributed by atoms with Gasteiger partial charge in [-0.1, -0.05) is 12.1 Å². The van der Waals surface area contributed by atoms with E-state index in [1.165, 1.54) is 17.3 Å². The van der Waals surface area contributed by atoms with Gasteiger partial charge in [-0.05, 0) is 48.6 Å². The highest BCUT2D eigenvalue weighted by Crippen LogP contribution is 2.25. The molecule has 0 radical (unpaired) electrons. The molecule has 3 N–H and O–H groups in total. The van der Waals surface area contributed by atoms with E-state index in [0.717, 1.165) is 24.9 Å². The van der Waals surface area contributed by atoms with Crippen molar-refractivity contribution in [1.82, 2.24) is 4.98 Å². The number of fused-ring (bicyclic) bond motifs is 1. The molecule has 26 heavy (non-hydrogen) atoms. The van der Waals surface area contributed by atoms with Crippen LogP contribution in [0.25, 0.3) is 0 Å². The zero-order chi connectivity index (χ0) is 18.6. The van der Waals surface area contributed by atoms with Crippen LogP contribution in [0.1, 0.15) is 23.1 Å². The third-order valence-corrected chi connectivity index (χ3v) is 4.01. The fourth-order valence-electron chi connectivity index (χ4n) is 2.83. The Morgan fingerprint density at radius 2 is 2.04 bits per heavy atom. The second kappa shape index (κ2) is 7.63. The van der Waals surface area contributed by atoms with Gasteiger partial charge in [-0.2, -0.15) is 13.2 Å². The fraction of sp³-hybridized carbons (Fsp3) is 0.333. The van der Waals surface area contributed by atoms with Gasteiger partial charge in [0.15, 0.2) is 12.6 Å². The molecule has 0 fully saturated rings. The Balaban J connectivity index is 1.64. The Hall–Kier alpha value is -2.77. The molecule has 1 aromatic carbocycles. The van der Waals surface area contributed by atoms with Crippen molar-refractivity contribution in [3.8, 4) is 5.88 Å². The minimum atomic E-state index is -4.42. The van der Waals surface area contributed by atoms with Crippen LogP contribution in [0.15, 0.2) is 41.5 Å². The first kappa shape index (κ1) is 18.0. The molecule has 0 bridgehead atoms. The number of guanidine groups is 1.